The molecular formula is C30H34N4O5S. The SMILES string of the molecule is CC(C)(O)COc1ccc2c(C(=O)N[C@H]3CC[C@H](Oc4c(C(N)=O)sc5ccccc45)CC3)cnn2c1C1CC1. The molecule has 0 saturated heterocycles. The van der Waals surface area contributed by atoms with Crippen molar-refractivity contribution in [1.29, 1.82) is 0 Å². The number of aromatic nitrogens is 2. The number of carbonyl (C=O) groups excluding carboxylic acids is 2. The number of thiophene rings is 1. The molecule has 4 N–H and O–H groups in total. The summed E-state index contributed by atoms with van der Waals surface area (Å²) in [6.45, 7) is 3.59. The van der Waals surface area contributed by atoms with Crippen LogP contribution in [0, 0.1) is 0 Å². The molecule has 0 bridgehead atoms. The molecule has 2 amide bonds. The minimum atomic E-state index is -0.948. The Morgan fingerprint density at radius 1 is 1.12 bits per heavy atom. The highest BCUT2D eigenvalue weighted by molar-refractivity contribution is 7.21. The Morgan fingerprint density at radius 3 is 2.58 bits per heavy atom. The van der Waals surface area contributed by atoms with E-state index in [9.17, 15) is 14.7 Å². The van der Waals surface area contributed by atoms with Gasteiger partial charge in [-0.15, -0.1) is 11.3 Å². The van der Waals surface area contributed by atoms with Crippen LogP contribution in [0.5, 0.6) is 11.5 Å². The third-order valence-corrected chi connectivity index (χ3v) is 8.70. The molecule has 4 aromatic rings. The van der Waals surface area contributed by atoms with Crippen molar-refractivity contribution >= 4 is 38.8 Å². The van der Waals surface area contributed by atoms with Crippen molar-refractivity contribution in [3.8, 4) is 11.5 Å². The Labute approximate surface area is 236 Å². The predicted molar refractivity (Wildman–Crippen MR) is 153 cm³/mol. The molecule has 0 unspecified atom stereocenters. The quantitative estimate of drug-likeness (QED) is 0.269. The Bertz CT molecular complexity index is 1570. The Balaban J connectivity index is 1.12. The Hall–Kier alpha value is -3.63. The molecule has 3 heterocycles. The van der Waals surface area contributed by atoms with Gasteiger partial charge in [-0.05, 0) is 76.6 Å². The van der Waals surface area contributed by atoms with Crippen LogP contribution in [-0.2, 0) is 0 Å². The molecule has 2 aliphatic carbocycles. The number of aliphatic hydroxyl groups is 1. The molecule has 2 aliphatic rings. The molecule has 9 nitrogen and oxygen atoms in total. The van der Waals surface area contributed by atoms with Gasteiger partial charge in [0.15, 0.2) is 5.75 Å². The predicted octanol–water partition coefficient (Wildman–Crippen LogP) is 4.80. The second-order valence-corrected chi connectivity index (χ2v) is 12.6. The summed E-state index contributed by atoms with van der Waals surface area (Å²) in [6, 6.07) is 11.5. The van der Waals surface area contributed by atoms with Gasteiger partial charge in [0.25, 0.3) is 11.8 Å². The molecule has 40 heavy (non-hydrogen) atoms. The lowest BCUT2D eigenvalue weighted by molar-refractivity contribution is 0.0279. The number of benzene rings is 1. The summed E-state index contributed by atoms with van der Waals surface area (Å²) in [6.07, 6.45) is 6.73. The molecular weight excluding hydrogens is 528 g/mol. The van der Waals surface area contributed by atoms with Crippen molar-refractivity contribution in [3.05, 3.63) is 58.7 Å². The number of primary amides is 1. The zero-order chi connectivity index (χ0) is 28.0. The van der Waals surface area contributed by atoms with Crippen molar-refractivity contribution in [2.75, 3.05) is 6.61 Å². The van der Waals surface area contributed by atoms with Crippen molar-refractivity contribution < 1.29 is 24.2 Å². The number of nitrogens with two attached hydrogens (primary N) is 1. The summed E-state index contributed by atoms with van der Waals surface area (Å²) in [5.41, 5.74) is 6.92. The van der Waals surface area contributed by atoms with Gasteiger partial charge in [-0.2, -0.15) is 5.10 Å². The van der Waals surface area contributed by atoms with Crippen LogP contribution in [-0.4, -0.2) is 50.9 Å². The maximum absolute atomic E-state index is 13.3. The van der Waals surface area contributed by atoms with Gasteiger partial charge < -0.3 is 25.6 Å². The second-order valence-electron chi connectivity index (χ2n) is 11.5. The first-order chi connectivity index (χ1) is 19.2. The summed E-state index contributed by atoms with van der Waals surface area (Å²) < 4.78 is 15.1. The van der Waals surface area contributed by atoms with Crippen molar-refractivity contribution in [2.45, 2.75) is 76.0 Å². The first kappa shape index (κ1) is 26.6. The second kappa shape index (κ2) is 10.4. The molecule has 210 valence electrons. The molecule has 0 atom stereocenters. The number of ether oxygens (including phenoxy) is 2. The van der Waals surface area contributed by atoms with Crippen molar-refractivity contribution in [2.24, 2.45) is 5.73 Å². The van der Waals surface area contributed by atoms with Gasteiger partial charge in [0.2, 0.25) is 0 Å². The molecule has 1 aromatic carbocycles. The smallest absolute Gasteiger partial charge is 0.262 e. The average Bonchev–Trinajstić information content (AvgIpc) is 3.56. The maximum Gasteiger partial charge on any atom is 0.262 e. The van der Waals surface area contributed by atoms with E-state index in [4.69, 9.17) is 15.2 Å². The molecule has 6 rings (SSSR count). The lowest BCUT2D eigenvalue weighted by Gasteiger charge is -2.29. The highest BCUT2D eigenvalue weighted by atomic mass is 32.1. The average molecular weight is 563 g/mol. The van der Waals surface area contributed by atoms with Crippen molar-refractivity contribution in [3.63, 3.8) is 0 Å². The maximum atomic E-state index is 13.3. The molecule has 2 saturated carbocycles. The standard InChI is InChI=1S/C30H34N4O5S/c1-30(2,37)16-38-23-14-13-22-21(15-32-34(22)25(23)17-7-8-17)29(36)33-18-9-11-19(12-10-18)39-26-20-5-3-4-6-24(20)40-27(26)28(31)35/h3-6,13-15,17-19,37H,7-12,16H2,1-2H3,(H2,31,35)(H,33,36)/t18-,19-. The number of fused-ring (bicyclic) bond motifs is 2. The van der Waals surface area contributed by atoms with Gasteiger partial charge >= 0.3 is 0 Å². The van der Waals surface area contributed by atoms with Crippen molar-refractivity contribution in [1.82, 2.24) is 14.9 Å². The van der Waals surface area contributed by atoms with E-state index in [1.54, 1.807) is 20.0 Å². The fourth-order valence-corrected chi connectivity index (χ4v) is 6.38. The molecule has 0 radical (unpaired) electrons. The first-order valence-corrected chi connectivity index (χ1v) is 14.6. The summed E-state index contributed by atoms with van der Waals surface area (Å²) in [5, 5.41) is 18.8. The van der Waals surface area contributed by atoms with Gasteiger partial charge in [-0.3, -0.25) is 9.59 Å². The highest BCUT2D eigenvalue weighted by Gasteiger charge is 2.32. The zero-order valence-electron chi connectivity index (χ0n) is 22.7. The van der Waals surface area contributed by atoms with E-state index in [2.05, 4.69) is 10.4 Å². The Kier molecular flexibility index (Phi) is 6.92. The minimum absolute atomic E-state index is 0.0226. The van der Waals surface area contributed by atoms with Crippen LogP contribution in [0.15, 0.2) is 42.6 Å². The number of hydrogen-bond acceptors (Lipinski definition) is 7. The normalized spacial score (nSPS) is 19.6. The van der Waals surface area contributed by atoms with Gasteiger partial charge in [-0.1, -0.05) is 12.1 Å². The molecule has 10 heteroatoms. The van der Waals surface area contributed by atoms with E-state index in [0.29, 0.717) is 27.9 Å². The van der Waals surface area contributed by atoms with Crippen LogP contribution in [0.2, 0.25) is 0 Å². The van der Waals surface area contributed by atoms with Crippen LogP contribution in [0.1, 0.15) is 84.0 Å². The molecule has 3 aromatic heterocycles. The third-order valence-electron chi connectivity index (χ3n) is 7.54. The van der Waals surface area contributed by atoms with Gasteiger partial charge in [0.1, 0.15) is 17.2 Å². The topological polar surface area (TPSA) is 128 Å². The third kappa shape index (κ3) is 5.38. The van der Waals surface area contributed by atoms with Gasteiger partial charge in [0.05, 0.1) is 34.7 Å². The van der Waals surface area contributed by atoms with Crippen LogP contribution < -0.4 is 20.5 Å². The summed E-state index contributed by atoms with van der Waals surface area (Å²) in [5.74, 6) is 0.979. The number of rotatable bonds is 9. The van der Waals surface area contributed by atoms with Gasteiger partial charge in [-0.25, -0.2) is 4.52 Å². The monoisotopic (exact) mass is 562 g/mol. The van der Waals surface area contributed by atoms with Gasteiger partial charge in [0, 0.05) is 22.0 Å². The van der Waals surface area contributed by atoms with Crippen LogP contribution >= 0.6 is 11.3 Å². The van der Waals surface area contributed by atoms with E-state index < -0.39 is 11.5 Å². The molecule has 2 fully saturated rings. The zero-order valence-corrected chi connectivity index (χ0v) is 23.5. The molecule has 0 aliphatic heterocycles. The number of nitrogens with one attached hydrogen (secondary N) is 1. The fourth-order valence-electron chi connectivity index (χ4n) is 5.39. The van der Waals surface area contributed by atoms with Crippen LogP contribution in [0.4, 0.5) is 0 Å². The number of carbonyl (C=O) groups is 2. The first-order valence-electron chi connectivity index (χ1n) is 13.8. The Morgan fingerprint density at radius 2 is 1.88 bits per heavy atom. The lowest BCUT2D eigenvalue weighted by atomic mass is 9.92. The number of nitrogens with zero attached hydrogens (tertiary/aromatic N) is 2. The van der Waals surface area contributed by atoms with E-state index >= 15 is 0 Å². The molecule has 0 spiro atoms. The summed E-state index contributed by atoms with van der Waals surface area (Å²) in [4.78, 5) is 25.8. The minimum Gasteiger partial charge on any atom is -0.489 e. The lowest BCUT2D eigenvalue weighted by Crippen LogP contribution is -2.39. The summed E-state index contributed by atoms with van der Waals surface area (Å²) >= 11 is 1.36. The van der Waals surface area contributed by atoms with E-state index in [-0.39, 0.29) is 24.7 Å². The van der Waals surface area contributed by atoms with E-state index in [1.807, 2.05) is 40.9 Å². The number of pyridine rings is 1. The van der Waals surface area contributed by atoms with E-state index in [0.717, 1.165) is 59.8 Å². The fraction of sp³-hybridized carbons (Fsp3) is 0.433. The highest BCUT2D eigenvalue weighted by Crippen LogP contribution is 2.45. The van der Waals surface area contributed by atoms with E-state index in [1.165, 1.54) is 11.3 Å². The number of amides is 2. The number of hydrogen-bond donors (Lipinski definition) is 3. The van der Waals surface area contributed by atoms with Crippen LogP contribution in [0.3, 0.4) is 0 Å². The summed E-state index contributed by atoms with van der Waals surface area (Å²) in [7, 11) is 0. The van der Waals surface area contributed by atoms with Crippen LogP contribution in [0.25, 0.3) is 15.6 Å². The largest absolute Gasteiger partial charge is 0.489 e.